The predicted octanol–water partition coefficient (Wildman–Crippen LogP) is 8.52. The molecule has 2 heterocycles. The number of aromatic amines is 1. The lowest BCUT2D eigenvalue weighted by atomic mass is 9.81. The molecule has 0 spiro atoms. The van der Waals surface area contributed by atoms with E-state index in [2.05, 4.69) is 107 Å². The molecule has 0 amide bonds. The van der Waals surface area contributed by atoms with Gasteiger partial charge in [0.15, 0.2) is 31.2 Å². The first-order valence-corrected chi connectivity index (χ1v) is 27.2. The molecule has 4 rings (SSSR count). The third-order valence-corrected chi connectivity index (χ3v) is 25.6. The van der Waals surface area contributed by atoms with Gasteiger partial charge in [0.2, 0.25) is 0 Å². The van der Waals surface area contributed by atoms with Crippen LogP contribution >= 0.6 is 0 Å². The van der Waals surface area contributed by atoms with Gasteiger partial charge in [0, 0.05) is 6.20 Å². The Morgan fingerprint density at radius 2 is 1.12 bits per heavy atom. The van der Waals surface area contributed by atoms with Crippen LogP contribution in [0.5, 0.6) is 0 Å². The van der Waals surface area contributed by atoms with Gasteiger partial charge in [-0.15, -0.1) is 0 Å². The Labute approximate surface area is 314 Å². The topological polar surface area (TPSA) is 112 Å². The molecular formula is C40H64N2O7Si3. The maximum Gasteiger partial charge on any atom is 0.330 e. The fourth-order valence-electron chi connectivity index (χ4n) is 5.64. The first-order chi connectivity index (χ1) is 23.6. The molecule has 2 aromatic carbocycles. The van der Waals surface area contributed by atoms with Crippen molar-refractivity contribution in [1.29, 1.82) is 0 Å². The maximum absolute atomic E-state index is 14.0. The van der Waals surface area contributed by atoms with Crippen LogP contribution in [0.4, 0.5) is 0 Å². The van der Waals surface area contributed by atoms with Gasteiger partial charge in [-0.2, -0.15) is 0 Å². The summed E-state index contributed by atoms with van der Waals surface area (Å²) in [7, 11) is -7.20. The van der Waals surface area contributed by atoms with Crippen LogP contribution in [-0.4, -0.2) is 64.5 Å². The van der Waals surface area contributed by atoms with Crippen molar-refractivity contribution in [1.82, 2.24) is 9.55 Å². The first kappa shape index (κ1) is 42.3. The van der Waals surface area contributed by atoms with Crippen LogP contribution < -0.4 is 11.2 Å². The highest BCUT2D eigenvalue weighted by atomic mass is 28.4. The summed E-state index contributed by atoms with van der Waals surface area (Å²) >= 11 is 0. The van der Waals surface area contributed by atoms with E-state index >= 15 is 0 Å². The summed E-state index contributed by atoms with van der Waals surface area (Å²) in [5.41, 5.74) is -2.29. The number of benzene rings is 2. The number of aromatic nitrogens is 2. The Morgan fingerprint density at radius 1 is 0.692 bits per heavy atom. The van der Waals surface area contributed by atoms with Crippen LogP contribution in [0.2, 0.25) is 54.4 Å². The van der Waals surface area contributed by atoms with Crippen LogP contribution in [-0.2, 0) is 23.6 Å². The van der Waals surface area contributed by atoms with Gasteiger partial charge < -0.3 is 23.1 Å². The van der Waals surface area contributed by atoms with E-state index in [0.29, 0.717) is 11.1 Å². The number of hydrogen-bond donors (Lipinski definition) is 2. The number of H-pyrrole nitrogens is 1. The van der Waals surface area contributed by atoms with Gasteiger partial charge in [0.1, 0.15) is 23.9 Å². The van der Waals surface area contributed by atoms with Crippen molar-refractivity contribution in [3.63, 3.8) is 0 Å². The zero-order valence-corrected chi connectivity index (χ0v) is 37.2. The minimum absolute atomic E-state index is 0.0120. The van der Waals surface area contributed by atoms with Crippen molar-refractivity contribution in [2.24, 2.45) is 0 Å². The lowest BCUT2D eigenvalue weighted by molar-refractivity contribution is -0.0514. The third-order valence-electron chi connectivity index (χ3n) is 12.2. The molecule has 0 radical (unpaired) electrons. The second-order valence-corrected chi connectivity index (χ2v) is 33.3. The Hall–Kier alpha value is -2.43. The molecule has 0 saturated carbocycles. The molecule has 52 heavy (non-hydrogen) atoms. The van der Waals surface area contributed by atoms with Crippen molar-refractivity contribution in [2.75, 3.05) is 6.61 Å². The molecule has 12 heteroatoms. The van der Waals surface area contributed by atoms with Gasteiger partial charge in [-0.3, -0.25) is 14.3 Å². The molecule has 1 aliphatic rings. The largest absolute Gasteiger partial charge is 0.414 e. The zero-order chi connectivity index (χ0) is 39.3. The number of rotatable bonds is 11. The van der Waals surface area contributed by atoms with E-state index in [1.54, 1.807) is 24.3 Å². The summed E-state index contributed by atoms with van der Waals surface area (Å²) in [6.45, 7) is 33.2. The van der Waals surface area contributed by atoms with Gasteiger partial charge in [-0.25, -0.2) is 4.79 Å². The summed E-state index contributed by atoms with van der Waals surface area (Å²) < 4.78 is 29.7. The minimum Gasteiger partial charge on any atom is -0.414 e. The summed E-state index contributed by atoms with van der Waals surface area (Å²) in [5, 5.41) is 12.4. The molecule has 4 atom stereocenters. The Kier molecular flexibility index (Phi) is 11.9. The summed E-state index contributed by atoms with van der Waals surface area (Å²) in [6, 6.07) is 18.0. The lowest BCUT2D eigenvalue weighted by Gasteiger charge is -2.44. The van der Waals surface area contributed by atoms with Crippen LogP contribution in [0, 0.1) is 0 Å². The number of ether oxygens (including phenoxy) is 1. The number of nitrogens with zero attached hydrogens (tertiary/aromatic N) is 1. The van der Waals surface area contributed by atoms with Crippen LogP contribution in [0.1, 0.15) is 85.2 Å². The second-order valence-electron chi connectivity index (χ2n) is 19.0. The summed E-state index contributed by atoms with van der Waals surface area (Å²) in [4.78, 5) is 30.4. The zero-order valence-electron chi connectivity index (χ0n) is 34.2. The molecule has 0 bridgehead atoms. The molecule has 0 aliphatic carbocycles. The molecular weight excluding hydrogens is 705 g/mol. The van der Waals surface area contributed by atoms with Crippen molar-refractivity contribution in [2.45, 2.75) is 147 Å². The van der Waals surface area contributed by atoms with Crippen LogP contribution in [0.25, 0.3) is 0 Å². The van der Waals surface area contributed by atoms with Crippen molar-refractivity contribution >= 4 is 25.0 Å². The minimum atomic E-state index is -2.52. The molecule has 9 nitrogen and oxygen atoms in total. The van der Waals surface area contributed by atoms with Crippen molar-refractivity contribution < 1.29 is 23.1 Å². The number of hydrogen-bond acceptors (Lipinski definition) is 7. The van der Waals surface area contributed by atoms with E-state index in [0.717, 1.165) is 0 Å². The van der Waals surface area contributed by atoms with Gasteiger partial charge in [0.05, 0.1) is 12.2 Å². The average Bonchev–Trinajstić information content (AvgIpc) is 3.34. The molecule has 288 valence electrons. The molecule has 1 aromatic heterocycles. The Morgan fingerprint density at radius 3 is 1.54 bits per heavy atom. The smallest absolute Gasteiger partial charge is 0.330 e. The standard InChI is InChI=1S/C40H64N2O7Si3/c1-37(2,3)50(10,11)46-27-31-32(48-51(12,13)38(4,5)6)33(49-52(14,15)39(7,8)9)35(47-31)42-26-30(34(43)41-36(42)44)40(45,28-22-18-16-19-23-28)29-24-20-17-21-25-29/h16-26,31-33,35,45H,27H2,1-15H3,(H,41,43,44)/t31-,32-,33-,35-/m1/s1. The predicted molar refractivity (Wildman–Crippen MR) is 218 cm³/mol. The molecule has 2 N–H and O–H groups in total. The molecule has 3 aromatic rings. The van der Waals surface area contributed by atoms with Crippen LogP contribution in [0.15, 0.2) is 76.4 Å². The normalized spacial score (nSPS) is 21.1. The molecule has 1 aliphatic heterocycles. The highest BCUT2D eigenvalue weighted by Crippen LogP contribution is 2.46. The van der Waals surface area contributed by atoms with Crippen LogP contribution in [0.3, 0.4) is 0 Å². The van der Waals surface area contributed by atoms with E-state index in [1.807, 2.05) is 36.4 Å². The Bertz CT molecular complexity index is 1750. The third kappa shape index (κ3) is 8.44. The van der Waals surface area contributed by atoms with E-state index in [-0.39, 0.29) is 27.3 Å². The second kappa shape index (κ2) is 14.7. The van der Waals surface area contributed by atoms with Gasteiger partial charge in [-0.05, 0) is 65.5 Å². The monoisotopic (exact) mass is 768 g/mol. The maximum atomic E-state index is 14.0. The van der Waals surface area contributed by atoms with Gasteiger partial charge in [-0.1, -0.05) is 123 Å². The van der Waals surface area contributed by atoms with E-state index < -0.39 is 66.3 Å². The molecule has 1 saturated heterocycles. The fraction of sp³-hybridized carbons (Fsp3) is 0.600. The molecule has 0 unspecified atom stereocenters. The lowest BCUT2D eigenvalue weighted by Crippen LogP contribution is -2.55. The Balaban J connectivity index is 1.98. The quantitative estimate of drug-likeness (QED) is 0.188. The van der Waals surface area contributed by atoms with Gasteiger partial charge >= 0.3 is 5.69 Å². The fourth-order valence-corrected chi connectivity index (χ4v) is 9.26. The van der Waals surface area contributed by atoms with E-state index in [9.17, 15) is 14.7 Å². The van der Waals surface area contributed by atoms with Gasteiger partial charge in [0.25, 0.3) is 5.56 Å². The summed E-state index contributed by atoms with van der Waals surface area (Å²) in [6.07, 6.45) is -1.41. The van der Waals surface area contributed by atoms with E-state index in [1.165, 1.54) is 10.8 Å². The highest BCUT2D eigenvalue weighted by molar-refractivity contribution is 6.75. The SMILES string of the molecule is CC(C)(C)[Si](C)(C)OC[C@H]1O[C@@H](n2cc(C(O)(c3ccccc3)c3ccccc3)c(=O)[nH]c2=O)[C@H](O[Si](C)(C)C(C)(C)C)[C@@H]1O[Si](C)(C)C(C)(C)C. The van der Waals surface area contributed by atoms with E-state index in [4.69, 9.17) is 18.0 Å². The first-order valence-electron chi connectivity index (χ1n) is 18.5. The van der Waals surface area contributed by atoms with Crippen molar-refractivity contribution in [3.05, 3.63) is 104 Å². The molecule has 1 fully saturated rings. The summed E-state index contributed by atoms with van der Waals surface area (Å²) in [5.74, 6) is 0. The average molecular weight is 769 g/mol. The van der Waals surface area contributed by atoms with Crippen molar-refractivity contribution in [3.8, 4) is 0 Å². The highest BCUT2D eigenvalue weighted by Gasteiger charge is 2.55. The number of aliphatic hydroxyl groups is 1. The number of nitrogens with one attached hydrogen (secondary N) is 1.